The minimum absolute atomic E-state index is 0.240. The summed E-state index contributed by atoms with van der Waals surface area (Å²) in [6.07, 6.45) is 1.72. The lowest BCUT2D eigenvalue weighted by atomic mass is 10.1. The highest BCUT2D eigenvalue weighted by atomic mass is 79.9. The van der Waals surface area contributed by atoms with Crippen molar-refractivity contribution in [3.63, 3.8) is 0 Å². The Kier molecular flexibility index (Phi) is 7.39. The summed E-state index contributed by atoms with van der Waals surface area (Å²) in [4.78, 5) is 16.9. The number of benzene rings is 3. The van der Waals surface area contributed by atoms with Crippen LogP contribution in [-0.4, -0.2) is 20.6 Å². The molecule has 0 spiro atoms. The summed E-state index contributed by atoms with van der Waals surface area (Å²) in [6.45, 7) is 3.02. The van der Waals surface area contributed by atoms with Crippen LogP contribution in [0, 0.1) is 6.92 Å². The quantitative estimate of drug-likeness (QED) is 0.194. The first kappa shape index (κ1) is 24.8. The molecule has 0 radical (unpaired) electrons. The van der Waals surface area contributed by atoms with Crippen LogP contribution in [0.25, 0.3) is 16.9 Å². The van der Waals surface area contributed by atoms with E-state index in [1.165, 1.54) is 0 Å². The summed E-state index contributed by atoms with van der Waals surface area (Å²) in [5, 5.41) is 14.3. The number of amides is 2. The van der Waals surface area contributed by atoms with Gasteiger partial charge in [-0.2, -0.15) is 9.61 Å². The topological polar surface area (TPSA) is 83.4 Å². The second kappa shape index (κ2) is 11.0. The van der Waals surface area contributed by atoms with Crippen LogP contribution in [0.15, 0.2) is 89.5 Å². The van der Waals surface area contributed by atoms with Gasteiger partial charge in [-0.1, -0.05) is 71.8 Å². The van der Waals surface area contributed by atoms with Gasteiger partial charge in [0.2, 0.25) is 0 Å². The lowest BCUT2D eigenvalue weighted by Gasteiger charge is -2.12. The van der Waals surface area contributed by atoms with Crippen molar-refractivity contribution in [3.8, 4) is 11.3 Å². The number of rotatable bonds is 7. The molecule has 5 rings (SSSR count). The molecule has 0 atom stereocenters. The van der Waals surface area contributed by atoms with E-state index in [0.717, 1.165) is 43.9 Å². The van der Waals surface area contributed by atoms with Gasteiger partial charge in [-0.3, -0.25) is 0 Å². The molecule has 0 unspecified atom stereocenters. The van der Waals surface area contributed by atoms with E-state index in [1.54, 1.807) is 10.7 Å². The number of anilines is 2. The third kappa shape index (κ3) is 5.93. The SMILES string of the molecule is Cc1ccc(NC(=O)NCc2ccc(CNc3cc(-c4ccccc4Cl)nc4c(Br)cnn34)cc2)cc1. The molecule has 0 aliphatic rings. The Hall–Kier alpha value is -3.88. The van der Waals surface area contributed by atoms with Crippen molar-refractivity contribution >= 4 is 50.7 Å². The Morgan fingerprint density at radius 2 is 1.68 bits per heavy atom. The number of carbonyl (C=O) groups is 1. The first-order valence-corrected chi connectivity index (χ1v) is 12.9. The van der Waals surface area contributed by atoms with Crippen LogP contribution in [0.3, 0.4) is 0 Å². The summed E-state index contributed by atoms with van der Waals surface area (Å²) in [5.74, 6) is 0.795. The largest absolute Gasteiger partial charge is 0.366 e. The van der Waals surface area contributed by atoms with Gasteiger partial charge in [0, 0.05) is 35.4 Å². The maximum Gasteiger partial charge on any atom is 0.319 e. The number of fused-ring (bicyclic) bond motifs is 1. The molecular weight excluding hydrogens is 552 g/mol. The van der Waals surface area contributed by atoms with Gasteiger partial charge in [0.05, 0.1) is 16.4 Å². The Balaban J connectivity index is 1.24. The number of nitrogens with one attached hydrogen (secondary N) is 3. The second-order valence-corrected chi connectivity index (χ2v) is 9.84. The maximum absolute atomic E-state index is 12.2. The van der Waals surface area contributed by atoms with Crippen molar-refractivity contribution in [1.29, 1.82) is 0 Å². The molecule has 0 aliphatic heterocycles. The summed E-state index contributed by atoms with van der Waals surface area (Å²) in [5.41, 5.74) is 6.31. The Morgan fingerprint density at radius 3 is 2.41 bits per heavy atom. The van der Waals surface area contributed by atoms with E-state index < -0.39 is 0 Å². The average Bonchev–Trinajstić information content (AvgIpc) is 3.29. The Morgan fingerprint density at radius 1 is 0.973 bits per heavy atom. The third-order valence-corrected chi connectivity index (χ3v) is 6.73. The van der Waals surface area contributed by atoms with E-state index >= 15 is 0 Å². The van der Waals surface area contributed by atoms with Crippen molar-refractivity contribution in [2.45, 2.75) is 20.0 Å². The molecule has 0 bridgehead atoms. The number of hydrogen-bond donors (Lipinski definition) is 3. The number of aryl methyl sites for hydroxylation is 1. The van der Waals surface area contributed by atoms with Crippen molar-refractivity contribution in [1.82, 2.24) is 19.9 Å². The fourth-order valence-electron chi connectivity index (χ4n) is 3.83. The van der Waals surface area contributed by atoms with Gasteiger partial charge in [0.15, 0.2) is 5.65 Å². The molecule has 5 aromatic rings. The number of urea groups is 1. The highest BCUT2D eigenvalue weighted by Crippen LogP contribution is 2.30. The van der Waals surface area contributed by atoms with E-state index in [2.05, 4.69) is 37.0 Å². The van der Waals surface area contributed by atoms with E-state index in [4.69, 9.17) is 16.6 Å². The molecule has 9 heteroatoms. The third-order valence-electron chi connectivity index (χ3n) is 5.84. The van der Waals surface area contributed by atoms with Crippen LogP contribution in [0.2, 0.25) is 5.02 Å². The predicted molar refractivity (Wildman–Crippen MR) is 152 cm³/mol. The van der Waals surface area contributed by atoms with Crippen LogP contribution < -0.4 is 16.0 Å². The zero-order valence-corrected chi connectivity index (χ0v) is 22.3. The molecule has 0 aliphatic carbocycles. The summed E-state index contributed by atoms with van der Waals surface area (Å²) < 4.78 is 2.56. The molecule has 2 aromatic heterocycles. The minimum Gasteiger partial charge on any atom is -0.366 e. The standard InChI is InChI=1S/C28H24BrClN6O/c1-18-6-12-21(13-7-18)34-28(37)32-16-20-10-8-19(9-11-20)15-31-26-14-25(22-4-2-3-5-24(22)30)35-27-23(29)17-33-36(26)27/h2-14,17,31H,15-16H2,1H3,(H2,32,34,37). The number of hydrogen-bond acceptors (Lipinski definition) is 4. The van der Waals surface area contributed by atoms with Crippen molar-refractivity contribution < 1.29 is 4.79 Å². The smallest absolute Gasteiger partial charge is 0.319 e. The van der Waals surface area contributed by atoms with E-state index in [9.17, 15) is 4.79 Å². The van der Waals surface area contributed by atoms with Gasteiger partial charge in [-0.15, -0.1) is 0 Å². The first-order valence-electron chi connectivity index (χ1n) is 11.7. The lowest BCUT2D eigenvalue weighted by Crippen LogP contribution is -2.28. The normalized spacial score (nSPS) is 10.9. The first-order chi connectivity index (χ1) is 18.0. The van der Waals surface area contributed by atoms with E-state index in [1.807, 2.05) is 85.8 Å². The van der Waals surface area contributed by atoms with Gasteiger partial charge in [-0.05, 0) is 52.2 Å². The van der Waals surface area contributed by atoms with Crippen molar-refractivity contribution in [2.24, 2.45) is 0 Å². The summed E-state index contributed by atoms with van der Waals surface area (Å²) in [7, 11) is 0. The van der Waals surface area contributed by atoms with E-state index in [-0.39, 0.29) is 6.03 Å². The highest BCUT2D eigenvalue weighted by Gasteiger charge is 2.13. The minimum atomic E-state index is -0.240. The van der Waals surface area contributed by atoms with Gasteiger partial charge in [-0.25, -0.2) is 9.78 Å². The van der Waals surface area contributed by atoms with Gasteiger partial charge >= 0.3 is 6.03 Å². The predicted octanol–water partition coefficient (Wildman–Crippen LogP) is 7.05. The number of halogens is 2. The fraction of sp³-hybridized carbons (Fsp3) is 0.107. The summed E-state index contributed by atoms with van der Waals surface area (Å²) >= 11 is 9.97. The van der Waals surface area contributed by atoms with Crippen LogP contribution in [0.5, 0.6) is 0 Å². The number of nitrogens with zero attached hydrogens (tertiary/aromatic N) is 3. The fourth-order valence-corrected chi connectivity index (χ4v) is 4.41. The average molecular weight is 576 g/mol. The molecule has 3 aromatic carbocycles. The zero-order chi connectivity index (χ0) is 25.8. The molecule has 2 amide bonds. The molecule has 0 saturated heterocycles. The van der Waals surface area contributed by atoms with Crippen LogP contribution in [0.4, 0.5) is 16.3 Å². The summed E-state index contributed by atoms with van der Waals surface area (Å²) in [6, 6.07) is 25.1. The second-order valence-electron chi connectivity index (χ2n) is 8.58. The van der Waals surface area contributed by atoms with Gasteiger partial charge in [0.25, 0.3) is 0 Å². The highest BCUT2D eigenvalue weighted by molar-refractivity contribution is 9.10. The van der Waals surface area contributed by atoms with Gasteiger partial charge < -0.3 is 16.0 Å². The number of carbonyl (C=O) groups excluding carboxylic acids is 1. The Bertz CT molecular complexity index is 1550. The molecule has 7 nitrogen and oxygen atoms in total. The maximum atomic E-state index is 12.2. The van der Waals surface area contributed by atoms with Crippen LogP contribution >= 0.6 is 27.5 Å². The van der Waals surface area contributed by atoms with Crippen LogP contribution in [-0.2, 0) is 13.1 Å². The van der Waals surface area contributed by atoms with E-state index in [0.29, 0.717) is 23.8 Å². The lowest BCUT2D eigenvalue weighted by molar-refractivity contribution is 0.251. The molecule has 186 valence electrons. The Labute approximate surface area is 228 Å². The molecule has 3 N–H and O–H groups in total. The monoisotopic (exact) mass is 574 g/mol. The molecule has 0 saturated carbocycles. The zero-order valence-electron chi connectivity index (χ0n) is 20.0. The molecule has 2 heterocycles. The van der Waals surface area contributed by atoms with Crippen LogP contribution in [0.1, 0.15) is 16.7 Å². The molecule has 0 fully saturated rings. The van der Waals surface area contributed by atoms with Crippen molar-refractivity contribution in [2.75, 3.05) is 10.6 Å². The number of aromatic nitrogens is 3. The molecular formula is C28H24BrClN6O. The van der Waals surface area contributed by atoms with Crippen molar-refractivity contribution in [3.05, 3.63) is 111 Å². The molecule has 37 heavy (non-hydrogen) atoms. The van der Waals surface area contributed by atoms with Gasteiger partial charge in [0.1, 0.15) is 5.82 Å².